The van der Waals surface area contributed by atoms with Gasteiger partial charge in [0.1, 0.15) is 30.1 Å². The fourth-order valence-corrected chi connectivity index (χ4v) is 10.4. The number of nitrogens with one attached hydrogen (secondary N) is 1. The zero-order chi connectivity index (χ0) is 51.9. The number of nitrogens with two attached hydrogens (primary N) is 1. The number of aliphatic hydroxyl groups is 3. The number of piperidine rings is 1. The molecule has 16 atom stereocenters. The van der Waals surface area contributed by atoms with Gasteiger partial charge in [-0.2, -0.15) is 0 Å². The van der Waals surface area contributed by atoms with Gasteiger partial charge in [-0.25, -0.2) is 4.79 Å². The van der Waals surface area contributed by atoms with Gasteiger partial charge in [-0.3, -0.25) is 24.1 Å². The molecule has 3 heterocycles. The number of hydrogen-bond donors (Lipinski definition) is 5. The zero-order valence-corrected chi connectivity index (χ0v) is 42.6. The highest BCUT2D eigenvalue weighted by Gasteiger charge is 2.53. The maximum Gasteiger partial charge on any atom is 0.407 e. The standard InChI is InChI=1S/C51H80N6O13/c1-29-15-11-10-12-16-30(2)39(54-50(64)68-9)27-36-20-18-34(6)51(65,70-36)47(61)48(62)57-22-14-13-17-40(57)49(63)69-42(37(52)25-35-19-21-38(55-56-53)43(26-35)66-7)28-41(58)31(3)24-33(5)45(60)46(67-8)44(59)32(4)23-29/h10-12,15-16,24,29,31-32,34-40,42-43,45-46,48,60,62,65H,13-14,17-23,25-28,52H2,1-9H3,(H,54,64)/b12-10?,15-11+,30-16?,33-24+/t29-,31-,32-,34-,35+,36+,37-,38?,39?,40+,42+,43-,45-,46+,48?,51-/m1/s1. The number of cyclic esters (lactones) is 1. The number of hydrogen-bond acceptors (Lipinski definition) is 16. The smallest absolute Gasteiger partial charge is 0.407 e. The van der Waals surface area contributed by atoms with Crippen LogP contribution in [0.3, 0.4) is 0 Å². The second-order valence-electron chi connectivity index (χ2n) is 20.1. The molecule has 392 valence electrons. The van der Waals surface area contributed by atoms with Crippen molar-refractivity contribution in [1.82, 2.24) is 10.2 Å². The molecule has 4 rings (SSSR count). The minimum absolute atomic E-state index is 0.0379. The van der Waals surface area contributed by atoms with Crippen LogP contribution in [-0.2, 0) is 42.9 Å². The van der Waals surface area contributed by atoms with Gasteiger partial charge in [0.15, 0.2) is 12.0 Å². The Bertz CT molecular complexity index is 1970. The Morgan fingerprint density at radius 1 is 0.971 bits per heavy atom. The number of Topliss-reactive ketones (excluding diaryl/α,β-unsaturated/α-hetero) is 3. The summed E-state index contributed by atoms with van der Waals surface area (Å²) in [7, 11) is 4.13. The van der Waals surface area contributed by atoms with Gasteiger partial charge in [0.2, 0.25) is 11.6 Å². The maximum absolute atomic E-state index is 14.5. The summed E-state index contributed by atoms with van der Waals surface area (Å²) in [5.41, 5.74) is 17.1. The van der Waals surface area contributed by atoms with Crippen LogP contribution in [0.2, 0.25) is 0 Å². The predicted molar refractivity (Wildman–Crippen MR) is 260 cm³/mol. The average molecular weight is 985 g/mol. The molecule has 0 spiro atoms. The van der Waals surface area contributed by atoms with Gasteiger partial charge in [0.05, 0.1) is 31.4 Å². The summed E-state index contributed by atoms with van der Waals surface area (Å²) < 4.78 is 28.5. The molecule has 2 bridgehead atoms. The van der Waals surface area contributed by atoms with Crippen molar-refractivity contribution in [2.24, 2.45) is 40.4 Å². The predicted octanol–water partition coefficient (Wildman–Crippen LogP) is 5.69. The van der Waals surface area contributed by atoms with Crippen molar-refractivity contribution < 1.29 is 63.0 Å². The van der Waals surface area contributed by atoms with Crippen LogP contribution in [0.5, 0.6) is 0 Å². The van der Waals surface area contributed by atoms with Crippen LogP contribution in [0.15, 0.2) is 52.7 Å². The molecule has 1 aliphatic carbocycles. The Morgan fingerprint density at radius 2 is 1.70 bits per heavy atom. The second kappa shape index (κ2) is 27.5. The minimum Gasteiger partial charge on any atom is -0.459 e. The van der Waals surface area contributed by atoms with E-state index < -0.39 is 90.2 Å². The number of amides is 1. The number of carbonyl (C=O) groups is 5. The number of allylic oxidation sites excluding steroid dienone is 6. The third-order valence-electron chi connectivity index (χ3n) is 14.8. The summed E-state index contributed by atoms with van der Waals surface area (Å²) in [5, 5.41) is 42.1. The number of aliphatic hydroxyl groups excluding tert-OH is 2. The normalized spacial score (nSPS) is 38.1. The van der Waals surface area contributed by atoms with E-state index in [1.807, 2.05) is 38.2 Å². The quantitative estimate of drug-likeness (QED) is 0.0673. The highest BCUT2D eigenvalue weighted by atomic mass is 16.6. The van der Waals surface area contributed by atoms with E-state index in [1.165, 1.54) is 19.1 Å². The lowest BCUT2D eigenvalue weighted by atomic mass is 9.79. The van der Waals surface area contributed by atoms with Crippen LogP contribution in [0, 0.1) is 29.6 Å². The maximum atomic E-state index is 14.5. The van der Waals surface area contributed by atoms with Crippen molar-refractivity contribution in [2.75, 3.05) is 27.9 Å². The fraction of sp³-hybridized carbons (Fsp3) is 0.745. The third-order valence-corrected chi connectivity index (χ3v) is 14.8. The number of alkyl carbamates (subject to hydrolysis) is 1. The molecule has 1 amide bonds. The number of ketones is 3. The van der Waals surface area contributed by atoms with Crippen molar-refractivity contribution >= 4 is 29.4 Å². The van der Waals surface area contributed by atoms with Gasteiger partial charge in [0.25, 0.3) is 0 Å². The van der Waals surface area contributed by atoms with Crippen molar-refractivity contribution in [3.8, 4) is 0 Å². The van der Waals surface area contributed by atoms with Gasteiger partial charge >= 0.3 is 12.1 Å². The van der Waals surface area contributed by atoms with Gasteiger partial charge in [0, 0.05) is 55.9 Å². The molecule has 0 aromatic heterocycles. The van der Waals surface area contributed by atoms with Crippen molar-refractivity contribution in [2.45, 2.75) is 185 Å². The SMILES string of the molecule is COC(=O)NC1C[C@@H]2CC[C@@H](C)[C@@](O)(O2)C(=O)C(O)N2CCCC[C@H]2C(=O)O[C@H]([C@H](N)C[C@@H]2CCC(N=[N+]=[N-])[C@H](OC)C2)CC(=O)[C@H](C)/C=C(\C)[C@@H](O)[C@@H](OC)C(=O)[C@H](C)C[C@H](C)/C=C/C=CC=C1C. The summed E-state index contributed by atoms with van der Waals surface area (Å²) in [6.07, 6.45) is 7.58. The van der Waals surface area contributed by atoms with E-state index in [-0.39, 0.29) is 61.4 Å². The topological polar surface area (TPSA) is 282 Å². The largest absolute Gasteiger partial charge is 0.459 e. The summed E-state index contributed by atoms with van der Waals surface area (Å²) >= 11 is 0. The fourth-order valence-electron chi connectivity index (χ4n) is 10.4. The first-order chi connectivity index (χ1) is 33.2. The molecule has 3 unspecified atom stereocenters. The van der Waals surface area contributed by atoms with Crippen LogP contribution < -0.4 is 11.1 Å². The van der Waals surface area contributed by atoms with Gasteiger partial charge in [-0.1, -0.05) is 81.3 Å². The summed E-state index contributed by atoms with van der Waals surface area (Å²) in [6, 6.07) is -3.02. The Hall–Kier alpha value is -4.30. The number of carbonyl (C=O) groups excluding carboxylic acids is 5. The third kappa shape index (κ3) is 15.6. The molecule has 1 saturated carbocycles. The van der Waals surface area contributed by atoms with Crippen LogP contribution in [-0.4, -0.2) is 144 Å². The lowest BCUT2D eigenvalue weighted by molar-refractivity contribution is -0.273. The van der Waals surface area contributed by atoms with Crippen LogP contribution in [0.4, 0.5) is 4.79 Å². The van der Waals surface area contributed by atoms with Crippen molar-refractivity contribution in [1.29, 1.82) is 0 Å². The number of esters is 1. The number of ether oxygens (including phenoxy) is 5. The molecular formula is C51H80N6O13. The molecule has 0 aromatic carbocycles. The molecule has 3 fully saturated rings. The highest BCUT2D eigenvalue weighted by Crippen LogP contribution is 2.38. The number of fused-ring (bicyclic) bond motifs is 3. The molecule has 70 heavy (non-hydrogen) atoms. The van der Waals surface area contributed by atoms with Crippen LogP contribution in [0.1, 0.15) is 119 Å². The monoisotopic (exact) mass is 985 g/mol. The molecule has 0 aromatic rings. The van der Waals surface area contributed by atoms with E-state index >= 15 is 0 Å². The average Bonchev–Trinajstić information content (AvgIpc) is 3.33. The van der Waals surface area contributed by atoms with Gasteiger partial charge < -0.3 is 50.1 Å². The van der Waals surface area contributed by atoms with E-state index in [4.69, 9.17) is 34.9 Å². The molecule has 19 heteroatoms. The Balaban J connectivity index is 1.73. The van der Waals surface area contributed by atoms with E-state index in [0.717, 1.165) is 5.57 Å². The van der Waals surface area contributed by atoms with Crippen molar-refractivity contribution in [3.05, 3.63) is 58.0 Å². The number of rotatable bonds is 7. The number of azide groups is 1. The summed E-state index contributed by atoms with van der Waals surface area (Å²) in [6.45, 7) is 10.6. The molecule has 6 N–H and O–H groups in total. The molecule has 0 radical (unpaired) electrons. The van der Waals surface area contributed by atoms with E-state index in [1.54, 1.807) is 47.0 Å². The Kier molecular flexibility index (Phi) is 22.9. The number of nitrogens with zero attached hydrogens (tertiary/aromatic N) is 4. The first kappa shape index (κ1) is 58.3. The van der Waals surface area contributed by atoms with E-state index in [9.17, 15) is 39.3 Å². The Morgan fingerprint density at radius 3 is 2.37 bits per heavy atom. The first-order valence-corrected chi connectivity index (χ1v) is 24.9. The van der Waals surface area contributed by atoms with Gasteiger partial charge in [-0.15, -0.1) is 0 Å². The molecule has 4 aliphatic rings. The molecular weight excluding hydrogens is 905 g/mol. The van der Waals surface area contributed by atoms with Crippen molar-refractivity contribution in [3.63, 3.8) is 0 Å². The minimum atomic E-state index is -2.46. The highest BCUT2D eigenvalue weighted by molar-refractivity contribution is 5.90. The molecule has 19 nitrogen and oxygen atoms in total. The summed E-state index contributed by atoms with van der Waals surface area (Å²) in [4.78, 5) is 73.6. The number of methoxy groups -OCH3 is 3. The zero-order valence-electron chi connectivity index (χ0n) is 42.6. The van der Waals surface area contributed by atoms with Crippen LogP contribution >= 0.6 is 0 Å². The van der Waals surface area contributed by atoms with E-state index in [2.05, 4.69) is 15.3 Å². The second-order valence-corrected chi connectivity index (χ2v) is 20.1. The molecule has 2 saturated heterocycles. The van der Waals surface area contributed by atoms with E-state index in [0.29, 0.717) is 63.4 Å². The van der Waals surface area contributed by atoms with Gasteiger partial charge in [-0.05, 0) is 101 Å². The molecule has 3 aliphatic heterocycles. The lowest BCUT2D eigenvalue weighted by Crippen LogP contribution is -2.63. The first-order valence-electron chi connectivity index (χ1n) is 24.9. The summed E-state index contributed by atoms with van der Waals surface area (Å²) in [5.74, 6) is -7.12. The lowest BCUT2D eigenvalue weighted by Gasteiger charge is -2.45. The van der Waals surface area contributed by atoms with Crippen LogP contribution in [0.25, 0.3) is 10.4 Å². The Labute approximate surface area is 413 Å².